The number of benzene rings is 2. The van der Waals surface area contributed by atoms with Gasteiger partial charge in [0.05, 0.1) is 18.4 Å². The van der Waals surface area contributed by atoms with Gasteiger partial charge in [-0.3, -0.25) is 4.72 Å². The molecule has 0 radical (unpaired) electrons. The third kappa shape index (κ3) is 4.77. The normalized spacial score (nSPS) is 17.3. The van der Waals surface area contributed by atoms with Crippen molar-refractivity contribution in [2.45, 2.75) is 49.5 Å². The first kappa shape index (κ1) is 23.7. The van der Waals surface area contributed by atoms with Gasteiger partial charge in [-0.2, -0.15) is 8.42 Å². The van der Waals surface area contributed by atoms with E-state index in [-0.39, 0.29) is 16.5 Å². The van der Waals surface area contributed by atoms with E-state index in [0.717, 1.165) is 17.7 Å². The molecule has 0 amide bonds. The molecule has 2 fully saturated rings. The monoisotopic (exact) mass is 516 g/mol. The molecule has 3 aromatic rings. The molecule has 0 atom stereocenters. The van der Waals surface area contributed by atoms with E-state index in [0.29, 0.717) is 16.3 Å². The molecule has 2 aliphatic rings. The fourth-order valence-corrected chi connectivity index (χ4v) is 6.98. The van der Waals surface area contributed by atoms with Crippen LogP contribution >= 0.6 is 11.3 Å². The van der Waals surface area contributed by atoms with Gasteiger partial charge in [-0.15, -0.1) is 11.3 Å². The number of aromatic nitrogens is 1. The van der Waals surface area contributed by atoms with E-state index in [2.05, 4.69) is 21.8 Å². The highest BCUT2D eigenvalue weighted by molar-refractivity contribution is 7.92. The number of nitrogens with zero attached hydrogens (tertiary/aromatic N) is 1. The van der Waals surface area contributed by atoms with Crippen LogP contribution in [0.5, 0.6) is 5.75 Å². The maximum Gasteiger partial charge on any atom is 0.338 e. The molecule has 0 saturated heterocycles. The second-order valence-corrected chi connectivity index (χ2v) is 11.8. The molecule has 10 heteroatoms. The van der Waals surface area contributed by atoms with E-state index in [1.807, 2.05) is 12.1 Å². The molecule has 5 rings (SSSR count). The van der Waals surface area contributed by atoms with E-state index in [1.165, 1.54) is 67.9 Å². The number of aromatic carboxylic acids is 1. The van der Waals surface area contributed by atoms with Crippen LogP contribution in [0.1, 0.15) is 60.4 Å². The van der Waals surface area contributed by atoms with E-state index in [1.54, 1.807) is 0 Å². The van der Waals surface area contributed by atoms with Crippen molar-refractivity contribution in [1.29, 1.82) is 0 Å². The number of carbonyl (C=O) groups is 1. The standard InChI is InChI=1S/C25H25FN2O5S2/c1-33-21-12-18(24(29)30)19(26)13-20(21)28-35(31,32)22-14-34-23(27-22)17-4-2-15(3-5-17)16-6-8-25(9-7-16)10-11-25/h2-5,12-14,16,28H,6-11H2,1H3,(H,29,30). The molecular formula is C25H25FN2O5S2. The predicted molar refractivity (Wildman–Crippen MR) is 131 cm³/mol. The number of halogens is 1. The number of anilines is 1. The first-order valence-corrected chi connectivity index (χ1v) is 13.8. The van der Waals surface area contributed by atoms with Gasteiger partial charge in [0.2, 0.25) is 0 Å². The van der Waals surface area contributed by atoms with Crippen molar-refractivity contribution in [3.05, 3.63) is 58.7 Å². The first-order chi connectivity index (χ1) is 16.7. The number of hydrogen-bond donors (Lipinski definition) is 2. The summed E-state index contributed by atoms with van der Waals surface area (Å²) in [5.41, 5.74) is 1.96. The van der Waals surface area contributed by atoms with Crippen molar-refractivity contribution in [2.75, 3.05) is 11.8 Å². The molecule has 35 heavy (non-hydrogen) atoms. The third-order valence-electron chi connectivity index (χ3n) is 7.15. The molecule has 2 aromatic carbocycles. The predicted octanol–water partition coefficient (Wildman–Crippen LogP) is 5.89. The lowest BCUT2D eigenvalue weighted by Gasteiger charge is -2.28. The summed E-state index contributed by atoms with van der Waals surface area (Å²) in [6, 6.07) is 9.88. The van der Waals surface area contributed by atoms with Gasteiger partial charge in [0.25, 0.3) is 10.0 Å². The Kier molecular flexibility index (Phi) is 6.04. The van der Waals surface area contributed by atoms with Crippen molar-refractivity contribution in [1.82, 2.24) is 4.98 Å². The van der Waals surface area contributed by atoms with E-state index in [4.69, 9.17) is 9.84 Å². The van der Waals surface area contributed by atoms with Gasteiger partial charge < -0.3 is 9.84 Å². The Labute approximate surface area is 207 Å². The maximum atomic E-state index is 14.1. The lowest BCUT2D eigenvalue weighted by molar-refractivity contribution is 0.0691. The molecule has 7 nitrogen and oxygen atoms in total. The van der Waals surface area contributed by atoms with Crippen molar-refractivity contribution in [3.63, 3.8) is 0 Å². The van der Waals surface area contributed by atoms with Crippen LogP contribution in [-0.4, -0.2) is 31.6 Å². The number of rotatable bonds is 7. The molecule has 2 saturated carbocycles. The Bertz CT molecular complexity index is 1370. The van der Waals surface area contributed by atoms with Crippen molar-refractivity contribution in [2.24, 2.45) is 5.41 Å². The van der Waals surface area contributed by atoms with Gasteiger partial charge in [0, 0.05) is 17.0 Å². The zero-order valence-corrected chi connectivity index (χ0v) is 20.7. The third-order valence-corrected chi connectivity index (χ3v) is 9.44. The van der Waals surface area contributed by atoms with Gasteiger partial charge >= 0.3 is 5.97 Å². The summed E-state index contributed by atoms with van der Waals surface area (Å²) in [5.74, 6) is -2.11. The zero-order valence-electron chi connectivity index (χ0n) is 19.1. The number of hydrogen-bond acceptors (Lipinski definition) is 6. The van der Waals surface area contributed by atoms with E-state index in [9.17, 15) is 17.6 Å². The van der Waals surface area contributed by atoms with Gasteiger partial charge in [0.1, 0.15) is 16.6 Å². The number of thiazole rings is 1. The van der Waals surface area contributed by atoms with Crippen LogP contribution in [0.3, 0.4) is 0 Å². The van der Waals surface area contributed by atoms with Gasteiger partial charge in [0.15, 0.2) is 5.03 Å². The lowest BCUT2D eigenvalue weighted by Crippen LogP contribution is -2.15. The number of carboxylic acid groups (broad SMARTS) is 1. The minimum absolute atomic E-state index is 0.117. The summed E-state index contributed by atoms with van der Waals surface area (Å²) in [6.45, 7) is 0. The highest BCUT2D eigenvalue weighted by atomic mass is 32.2. The molecule has 2 aliphatic carbocycles. The average Bonchev–Trinajstić information content (AvgIpc) is 3.38. The fraction of sp³-hybridized carbons (Fsp3) is 0.360. The molecule has 0 aliphatic heterocycles. The minimum atomic E-state index is -4.16. The van der Waals surface area contributed by atoms with Gasteiger partial charge in [-0.05, 0) is 61.5 Å². The lowest BCUT2D eigenvalue weighted by atomic mass is 9.77. The largest absolute Gasteiger partial charge is 0.495 e. The Balaban J connectivity index is 1.32. The molecule has 0 unspecified atom stereocenters. The Morgan fingerprint density at radius 3 is 2.46 bits per heavy atom. The van der Waals surface area contributed by atoms with Crippen molar-refractivity contribution < 1.29 is 27.4 Å². The molecule has 1 spiro atoms. The molecule has 1 aromatic heterocycles. The van der Waals surface area contributed by atoms with Crippen LogP contribution in [0.25, 0.3) is 10.6 Å². The van der Waals surface area contributed by atoms with Crippen LogP contribution in [-0.2, 0) is 10.0 Å². The molecular weight excluding hydrogens is 491 g/mol. The first-order valence-electron chi connectivity index (χ1n) is 11.4. The van der Waals surface area contributed by atoms with Crippen LogP contribution in [0.4, 0.5) is 10.1 Å². The van der Waals surface area contributed by atoms with Gasteiger partial charge in [-0.25, -0.2) is 14.2 Å². The second kappa shape index (κ2) is 8.91. The highest BCUT2D eigenvalue weighted by Gasteiger charge is 2.44. The van der Waals surface area contributed by atoms with E-state index < -0.39 is 27.4 Å². The Hall–Kier alpha value is -2.98. The van der Waals surface area contributed by atoms with Crippen LogP contribution in [0.2, 0.25) is 0 Å². The Morgan fingerprint density at radius 2 is 1.86 bits per heavy atom. The average molecular weight is 517 g/mol. The molecule has 184 valence electrons. The quantitative estimate of drug-likeness (QED) is 0.405. The summed E-state index contributed by atoms with van der Waals surface area (Å²) < 4.78 is 47.2. The smallest absolute Gasteiger partial charge is 0.338 e. The number of nitrogens with one attached hydrogen (secondary N) is 1. The summed E-state index contributed by atoms with van der Waals surface area (Å²) in [7, 11) is -2.92. The van der Waals surface area contributed by atoms with Crippen molar-refractivity contribution >= 4 is 33.0 Å². The van der Waals surface area contributed by atoms with Gasteiger partial charge in [-0.1, -0.05) is 24.3 Å². The van der Waals surface area contributed by atoms with Crippen LogP contribution in [0.15, 0.2) is 46.8 Å². The summed E-state index contributed by atoms with van der Waals surface area (Å²) in [6.07, 6.45) is 7.85. The van der Waals surface area contributed by atoms with Crippen LogP contribution < -0.4 is 9.46 Å². The topological polar surface area (TPSA) is 106 Å². The molecule has 1 heterocycles. The van der Waals surface area contributed by atoms with E-state index >= 15 is 0 Å². The van der Waals surface area contributed by atoms with Crippen molar-refractivity contribution in [3.8, 4) is 16.3 Å². The second-order valence-electron chi connectivity index (χ2n) is 9.33. The maximum absolute atomic E-state index is 14.1. The summed E-state index contributed by atoms with van der Waals surface area (Å²) in [4.78, 5) is 15.4. The number of carboxylic acids is 1. The SMILES string of the molecule is COc1cc(C(=O)O)c(F)cc1NS(=O)(=O)c1csc(-c2ccc(C3CCC4(CC3)CC4)cc2)n1. The summed E-state index contributed by atoms with van der Waals surface area (Å²) >= 11 is 1.20. The number of ether oxygens (including phenoxy) is 1. The number of methoxy groups -OCH3 is 1. The highest BCUT2D eigenvalue weighted by Crippen LogP contribution is 2.58. The minimum Gasteiger partial charge on any atom is -0.495 e. The molecule has 0 bridgehead atoms. The van der Waals surface area contributed by atoms with Crippen LogP contribution in [0, 0.1) is 11.2 Å². The molecule has 2 N–H and O–H groups in total. The fourth-order valence-electron chi connectivity index (χ4n) is 4.82. The number of sulfonamides is 1. The Morgan fingerprint density at radius 1 is 1.17 bits per heavy atom. The zero-order chi connectivity index (χ0) is 24.8. The summed E-state index contributed by atoms with van der Waals surface area (Å²) in [5, 5.41) is 10.8.